The first-order chi connectivity index (χ1) is 14.6. The molecule has 3 fully saturated rings. The van der Waals surface area contributed by atoms with Gasteiger partial charge in [-0.25, -0.2) is 0 Å². The van der Waals surface area contributed by atoms with Crippen molar-refractivity contribution in [3.8, 4) is 0 Å². The van der Waals surface area contributed by atoms with Crippen molar-refractivity contribution < 1.29 is 31.1 Å². The Bertz CT molecular complexity index is 821. The normalized spacial score (nSPS) is 25.7. The van der Waals surface area contributed by atoms with Gasteiger partial charge >= 0.3 is 12.4 Å². The fraction of sp³-hybridized carbons (Fsp3) is 0.696. The van der Waals surface area contributed by atoms with Crippen LogP contribution in [0.2, 0.25) is 0 Å². The zero-order valence-corrected chi connectivity index (χ0v) is 17.3. The maximum absolute atomic E-state index is 13.8. The van der Waals surface area contributed by atoms with Crippen molar-refractivity contribution in [1.82, 2.24) is 4.90 Å². The zero-order valence-electron chi connectivity index (χ0n) is 17.3. The molecule has 1 aromatic rings. The molecule has 31 heavy (non-hydrogen) atoms. The first-order valence-electron chi connectivity index (χ1n) is 11.2. The summed E-state index contributed by atoms with van der Waals surface area (Å²) in [5, 5.41) is 0. The van der Waals surface area contributed by atoms with E-state index in [1.165, 1.54) is 0 Å². The summed E-state index contributed by atoms with van der Waals surface area (Å²) in [6, 6.07) is 1.07. The predicted molar refractivity (Wildman–Crippen MR) is 104 cm³/mol. The predicted octanol–water partition coefficient (Wildman–Crippen LogP) is 6.83. The smallest absolute Gasteiger partial charge is 0.300 e. The third kappa shape index (κ3) is 4.94. The number of ketones is 1. The maximum atomic E-state index is 13.8. The van der Waals surface area contributed by atoms with Crippen LogP contribution in [0.1, 0.15) is 90.8 Å². The summed E-state index contributed by atoms with van der Waals surface area (Å²) in [5.74, 6) is -1.10. The number of benzene rings is 1. The molecule has 1 heterocycles. The number of hydrogen-bond donors (Lipinski definition) is 0. The van der Waals surface area contributed by atoms with Crippen LogP contribution in [-0.2, 0) is 12.4 Å². The summed E-state index contributed by atoms with van der Waals surface area (Å²) in [6.07, 6.45) is -3.09. The van der Waals surface area contributed by atoms with Crippen LogP contribution in [0.15, 0.2) is 12.1 Å². The fourth-order valence-electron chi connectivity index (χ4n) is 5.40. The molecule has 3 aliphatic rings. The largest absolute Gasteiger partial charge is 0.417 e. The lowest BCUT2D eigenvalue weighted by atomic mass is 9.78. The van der Waals surface area contributed by atoms with Gasteiger partial charge in [0.05, 0.1) is 11.1 Å². The second-order valence-electron chi connectivity index (χ2n) is 9.24. The van der Waals surface area contributed by atoms with E-state index in [-0.39, 0.29) is 30.0 Å². The van der Waals surface area contributed by atoms with Gasteiger partial charge in [0.15, 0.2) is 5.78 Å². The third-order valence-corrected chi connectivity index (χ3v) is 7.02. The van der Waals surface area contributed by atoms with Crippen LogP contribution in [0.5, 0.6) is 0 Å². The van der Waals surface area contributed by atoms with Gasteiger partial charge in [-0.1, -0.05) is 12.8 Å². The molecule has 0 amide bonds. The van der Waals surface area contributed by atoms with Crippen molar-refractivity contribution >= 4 is 5.78 Å². The molecule has 1 aromatic carbocycles. The number of alkyl halides is 6. The van der Waals surface area contributed by atoms with Crippen LogP contribution in [0.3, 0.4) is 0 Å². The third-order valence-electron chi connectivity index (χ3n) is 7.02. The van der Waals surface area contributed by atoms with Crippen LogP contribution >= 0.6 is 0 Å². The van der Waals surface area contributed by atoms with E-state index in [1.807, 2.05) is 0 Å². The molecule has 2 nitrogen and oxygen atoms in total. The van der Waals surface area contributed by atoms with Crippen LogP contribution in [-0.4, -0.2) is 29.8 Å². The van der Waals surface area contributed by atoms with Crippen molar-refractivity contribution in [3.63, 3.8) is 0 Å². The first-order valence-corrected chi connectivity index (χ1v) is 11.2. The van der Waals surface area contributed by atoms with E-state index in [4.69, 9.17) is 0 Å². The Hall–Kier alpha value is -1.57. The molecule has 2 saturated carbocycles. The molecule has 1 saturated heterocycles. The molecule has 0 radical (unpaired) electrons. The minimum absolute atomic E-state index is 0.0324. The van der Waals surface area contributed by atoms with Crippen LogP contribution in [0.25, 0.3) is 0 Å². The number of Topliss-reactive ketones (excluding diaryl/α,β-unsaturated/α-hetero) is 1. The van der Waals surface area contributed by atoms with E-state index in [1.54, 1.807) is 0 Å². The van der Waals surface area contributed by atoms with E-state index >= 15 is 0 Å². The van der Waals surface area contributed by atoms with Gasteiger partial charge in [0.25, 0.3) is 0 Å². The fourth-order valence-corrected chi connectivity index (χ4v) is 5.40. The summed E-state index contributed by atoms with van der Waals surface area (Å²) in [6.45, 7) is 1.88. The van der Waals surface area contributed by atoms with Crippen molar-refractivity contribution in [1.29, 1.82) is 0 Å². The highest BCUT2D eigenvalue weighted by Gasteiger charge is 2.44. The molecule has 0 aromatic heterocycles. The van der Waals surface area contributed by atoms with Crippen molar-refractivity contribution in [2.75, 3.05) is 13.1 Å². The SMILES string of the molecule is O=C(C[C@H]1CCCC[C@H]1N1CCCC1)c1c(C2CC2)cc(C(F)(F)F)cc1C(F)(F)F. The van der Waals surface area contributed by atoms with Crippen molar-refractivity contribution in [2.45, 2.75) is 82.1 Å². The van der Waals surface area contributed by atoms with Gasteiger partial charge in [-0.15, -0.1) is 0 Å². The summed E-state index contributed by atoms with van der Waals surface area (Å²) < 4.78 is 81.3. The molecule has 172 valence electrons. The lowest BCUT2D eigenvalue weighted by Crippen LogP contribution is -2.41. The summed E-state index contributed by atoms with van der Waals surface area (Å²) in [7, 11) is 0. The standard InChI is InChI=1S/C23H27F6NO/c24-22(25,26)16-12-17(14-7-8-14)21(18(13-16)23(27,28)29)20(31)11-15-5-1-2-6-19(15)30-9-3-4-10-30/h12-15,19H,1-11H2/t15-,19-/m1/s1. The average Bonchev–Trinajstić information content (AvgIpc) is 3.40. The van der Waals surface area contributed by atoms with Gasteiger partial charge < -0.3 is 4.90 Å². The van der Waals surface area contributed by atoms with Crippen LogP contribution < -0.4 is 0 Å². The molecular formula is C23H27F6NO. The Labute approximate surface area is 178 Å². The van der Waals surface area contributed by atoms with E-state index in [0.29, 0.717) is 12.8 Å². The van der Waals surface area contributed by atoms with Gasteiger partial charge in [-0.2, -0.15) is 26.3 Å². The summed E-state index contributed by atoms with van der Waals surface area (Å²) in [4.78, 5) is 15.6. The van der Waals surface area contributed by atoms with Crippen LogP contribution in [0.4, 0.5) is 26.3 Å². The molecule has 0 unspecified atom stereocenters. The number of nitrogens with zero attached hydrogens (tertiary/aromatic N) is 1. The number of halogens is 6. The molecule has 0 spiro atoms. The highest BCUT2D eigenvalue weighted by molar-refractivity contribution is 5.99. The molecule has 4 rings (SSSR count). The topological polar surface area (TPSA) is 20.3 Å². The molecule has 1 aliphatic heterocycles. The quantitative estimate of drug-likeness (QED) is 0.364. The Morgan fingerprint density at radius 2 is 1.52 bits per heavy atom. The van der Waals surface area contributed by atoms with Crippen molar-refractivity contribution in [3.05, 3.63) is 34.4 Å². The first kappa shape index (κ1) is 22.6. The Morgan fingerprint density at radius 1 is 0.871 bits per heavy atom. The van der Waals surface area contributed by atoms with Gasteiger partial charge in [-0.05, 0) is 81.1 Å². The second kappa shape index (κ2) is 8.41. The number of likely N-dealkylation sites (tertiary alicyclic amines) is 1. The van der Waals surface area contributed by atoms with Crippen LogP contribution in [0, 0.1) is 5.92 Å². The highest BCUT2D eigenvalue weighted by Crippen LogP contribution is 2.48. The Morgan fingerprint density at radius 3 is 2.10 bits per heavy atom. The monoisotopic (exact) mass is 447 g/mol. The van der Waals surface area contributed by atoms with Gasteiger partial charge in [0, 0.05) is 18.0 Å². The minimum atomic E-state index is -5.02. The molecular weight excluding hydrogens is 420 g/mol. The van der Waals surface area contributed by atoms with E-state index in [0.717, 1.165) is 57.7 Å². The van der Waals surface area contributed by atoms with E-state index in [2.05, 4.69) is 4.90 Å². The summed E-state index contributed by atoms with van der Waals surface area (Å²) in [5.41, 5.74) is -3.34. The lowest BCUT2D eigenvalue weighted by Gasteiger charge is -2.38. The summed E-state index contributed by atoms with van der Waals surface area (Å²) >= 11 is 0. The van der Waals surface area contributed by atoms with Gasteiger partial charge in [0.2, 0.25) is 0 Å². The minimum Gasteiger partial charge on any atom is -0.300 e. The zero-order chi connectivity index (χ0) is 22.4. The Balaban J connectivity index is 1.69. The molecule has 2 aliphatic carbocycles. The molecule has 0 bridgehead atoms. The maximum Gasteiger partial charge on any atom is 0.417 e. The van der Waals surface area contributed by atoms with E-state index < -0.39 is 40.7 Å². The van der Waals surface area contributed by atoms with Crippen molar-refractivity contribution in [2.24, 2.45) is 5.92 Å². The lowest BCUT2D eigenvalue weighted by molar-refractivity contribution is -0.143. The number of rotatable bonds is 5. The molecule has 2 atom stereocenters. The van der Waals surface area contributed by atoms with E-state index in [9.17, 15) is 31.1 Å². The number of hydrogen-bond acceptors (Lipinski definition) is 2. The van der Waals surface area contributed by atoms with Gasteiger partial charge in [-0.3, -0.25) is 4.79 Å². The number of carbonyl (C=O) groups is 1. The van der Waals surface area contributed by atoms with Gasteiger partial charge in [0.1, 0.15) is 0 Å². The molecule has 0 N–H and O–H groups in total. The average molecular weight is 447 g/mol. The molecule has 8 heteroatoms. The Kier molecular flexibility index (Phi) is 6.14. The second-order valence-corrected chi connectivity index (χ2v) is 9.24. The number of carbonyl (C=O) groups excluding carboxylic acids is 1. The highest BCUT2D eigenvalue weighted by atomic mass is 19.4.